The van der Waals surface area contributed by atoms with Crippen molar-refractivity contribution in [2.45, 2.75) is 20.8 Å². The molecule has 0 saturated heterocycles. The summed E-state index contributed by atoms with van der Waals surface area (Å²) in [5, 5.41) is 1.04. The second-order valence-corrected chi connectivity index (χ2v) is 13.3. The molecule has 0 aliphatic carbocycles. The minimum atomic E-state index is 0.282. The molecule has 0 unspecified atom stereocenters. The van der Waals surface area contributed by atoms with Gasteiger partial charge in [-0.3, -0.25) is 0 Å². The Bertz CT molecular complexity index is 2140. The lowest BCUT2D eigenvalue weighted by atomic mass is 10.2. The molecule has 6 rings (SSSR count). The molecule has 0 bridgehead atoms. The van der Waals surface area contributed by atoms with Crippen molar-refractivity contribution in [3.8, 4) is 17.2 Å². The Hall–Kier alpha value is -6.03. The highest BCUT2D eigenvalue weighted by molar-refractivity contribution is 6.35. The second kappa shape index (κ2) is 19.7. The smallest absolute Gasteiger partial charge is 0.158 e. The van der Waals surface area contributed by atoms with Crippen molar-refractivity contribution < 1.29 is 14.2 Å². The molecule has 0 aliphatic rings. The molecule has 0 atom stereocenters. The van der Waals surface area contributed by atoms with Crippen LogP contribution in [0, 0.1) is 20.8 Å². The summed E-state index contributed by atoms with van der Waals surface area (Å²) >= 11 is 18.4. The number of aryl methyl sites for hydroxylation is 3. The van der Waals surface area contributed by atoms with Gasteiger partial charge in [0.15, 0.2) is 22.6 Å². The molecule has 18 heteroatoms. The van der Waals surface area contributed by atoms with Gasteiger partial charge in [-0.05, 0) is 93.6 Å². The molecule has 0 saturated carbocycles. The molecule has 0 radical (unpaired) electrons. The fourth-order valence-corrected chi connectivity index (χ4v) is 6.00. The van der Waals surface area contributed by atoms with E-state index in [4.69, 9.17) is 66.2 Å². The summed E-state index contributed by atoms with van der Waals surface area (Å²) < 4.78 is 15.4. The number of anilines is 9. The summed E-state index contributed by atoms with van der Waals surface area (Å²) in [6.07, 6.45) is 0. The van der Waals surface area contributed by atoms with Crippen LogP contribution in [-0.2, 0) is 0 Å². The number of nitrogens with zero attached hydrogens (tertiary/aromatic N) is 9. The Morgan fingerprint density at radius 3 is 1.05 bits per heavy atom. The average molecular weight is 836 g/mol. The van der Waals surface area contributed by atoms with Gasteiger partial charge < -0.3 is 46.1 Å². The molecule has 57 heavy (non-hydrogen) atoms. The maximum atomic E-state index is 6.15. The number of hydrogen-bond acceptors (Lipinski definition) is 15. The lowest BCUT2D eigenvalue weighted by Crippen LogP contribution is -2.14. The molecule has 3 heterocycles. The molecular formula is C39H45Cl3N12O3. The third kappa shape index (κ3) is 11.1. The van der Waals surface area contributed by atoms with Crippen LogP contribution >= 0.6 is 34.8 Å². The van der Waals surface area contributed by atoms with Crippen molar-refractivity contribution in [1.29, 1.82) is 0 Å². The van der Waals surface area contributed by atoms with Gasteiger partial charge in [0.2, 0.25) is 0 Å². The van der Waals surface area contributed by atoms with Crippen molar-refractivity contribution in [1.82, 2.24) is 29.9 Å². The van der Waals surface area contributed by atoms with Crippen molar-refractivity contribution in [3.63, 3.8) is 0 Å². The number of nitrogens with two attached hydrogens (primary N) is 3. The standard InChI is InChI=1S/3C13H15ClN4O/c1-8-16-12(14)11(13(15)17-8)18(2)9-4-6-10(19-3)7-5-9;2*1-8-16-12(15)11(14)13(17-8)18(2)9-4-6-10(19-3)7-5-9/h3*4-7H,1-3H3,(H2,15,16,17). The largest absolute Gasteiger partial charge is 0.497 e. The van der Waals surface area contributed by atoms with E-state index in [-0.39, 0.29) is 11.6 Å². The van der Waals surface area contributed by atoms with Crippen molar-refractivity contribution >= 4 is 86.6 Å². The predicted molar refractivity (Wildman–Crippen MR) is 232 cm³/mol. The Morgan fingerprint density at radius 1 is 0.439 bits per heavy atom. The second-order valence-electron chi connectivity index (χ2n) is 12.2. The summed E-state index contributed by atoms with van der Waals surface area (Å²) in [6.45, 7) is 5.30. The third-order valence-electron chi connectivity index (χ3n) is 8.27. The Kier molecular flexibility index (Phi) is 15.1. The molecule has 6 aromatic rings. The van der Waals surface area contributed by atoms with Gasteiger partial charge in [0, 0.05) is 38.2 Å². The van der Waals surface area contributed by atoms with E-state index >= 15 is 0 Å². The summed E-state index contributed by atoms with van der Waals surface area (Å²) in [5.41, 5.74) is 20.8. The maximum Gasteiger partial charge on any atom is 0.158 e. The molecule has 0 fully saturated rings. The summed E-state index contributed by atoms with van der Waals surface area (Å²) in [4.78, 5) is 30.5. The Labute approximate surface area is 347 Å². The van der Waals surface area contributed by atoms with Crippen LogP contribution in [0.1, 0.15) is 17.5 Å². The fourth-order valence-electron chi connectivity index (χ4n) is 5.23. The quantitative estimate of drug-likeness (QED) is 0.118. The first-order valence-corrected chi connectivity index (χ1v) is 18.2. The number of halogens is 3. The SMILES string of the molecule is COc1ccc(N(C)c2c(N)nc(C)nc2Cl)cc1.COc1ccc(N(C)c2nc(C)nc(N)c2Cl)cc1.COc1ccc(N(C)c2nc(C)nc(N)c2Cl)cc1. The highest BCUT2D eigenvalue weighted by Gasteiger charge is 2.17. The van der Waals surface area contributed by atoms with Gasteiger partial charge >= 0.3 is 0 Å². The fraction of sp³-hybridized carbons (Fsp3) is 0.231. The Balaban J connectivity index is 0.000000189. The molecule has 6 N–H and O–H groups in total. The lowest BCUT2D eigenvalue weighted by Gasteiger charge is -2.21. The van der Waals surface area contributed by atoms with Crippen molar-refractivity contribution in [2.75, 3.05) is 74.4 Å². The van der Waals surface area contributed by atoms with Crippen molar-refractivity contribution in [2.24, 2.45) is 0 Å². The summed E-state index contributed by atoms with van der Waals surface area (Å²) in [5.74, 6) is 6.17. The predicted octanol–water partition coefficient (Wildman–Crippen LogP) is 8.39. The van der Waals surface area contributed by atoms with Crippen LogP contribution in [0.4, 0.5) is 51.8 Å². The van der Waals surface area contributed by atoms with E-state index in [2.05, 4.69) is 29.9 Å². The minimum absolute atomic E-state index is 0.282. The summed E-state index contributed by atoms with van der Waals surface area (Å²) in [7, 11) is 10.5. The number of methoxy groups -OCH3 is 3. The monoisotopic (exact) mass is 834 g/mol. The van der Waals surface area contributed by atoms with Crippen LogP contribution in [0.2, 0.25) is 15.2 Å². The topological polar surface area (TPSA) is 193 Å². The number of ether oxygens (including phenoxy) is 3. The van der Waals surface area contributed by atoms with E-state index in [1.807, 2.05) is 109 Å². The van der Waals surface area contributed by atoms with E-state index in [0.717, 1.165) is 34.3 Å². The zero-order chi connectivity index (χ0) is 42.0. The van der Waals surface area contributed by atoms with Gasteiger partial charge in [0.1, 0.15) is 62.1 Å². The molecule has 300 valence electrons. The average Bonchev–Trinajstić information content (AvgIpc) is 3.20. The van der Waals surface area contributed by atoms with E-state index in [0.29, 0.717) is 55.8 Å². The molecule has 3 aromatic carbocycles. The van der Waals surface area contributed by atoms with Crippen LogP contribution in [0.15, 0.2) is 72.8 Å². The number of benzene rings is 3. The van der Waals surface area contributed by atoms with E-state index in [1.54, 1.807) is 42.1 Å². The first-order valence-electron chi connectivity index (χ1n) is 17.1. The lowest BCUT2D eigenvalue weighted by molar-refractivity contribution is 0.414. The van der Waals surface area contributed by atoms with Crippen LogP contribution in [-0.4, -0.2) is 72.4 Å². The van der Waals surface area contributed by atoms with Gasteiger partial charge in [-0.15, -0.1) is 0 Å². The molecule has 3 aromatic heterocycles. The summed E-state index contributed by atoms with van der Waals surface area (Å²) in [6, 6.07) is 22.7. The Morgan fingerprint density at radius 2 is 0.737 bits per heavy atom. The molecule has 15 nitrogen and oxygen atoms in total. The number of rotatable bonds is 9. The van der Waals surface area contributed by atoms with Gasteiger partial charge in [-0.25, -0.2) is 29.9 Å². The first kappa shape index (κ1) is 43.7. The molecule has 0 amide bonds. The van der Waals surface area contributed by atoms with E-state index in [1.165, 1.54) is 0 Å². The van der Waals surface area contributed by atoms with Crippen LogP contribution in [0.3, 0.4) is 0 Å². The number of nitrogen functional groups attached to an aromatic ring is 3. The van der Waals surface area contributed by atoms with Gasteiger partial charge in [-0.2, -0.15) is 0 Å². The minimum Gasteiger partial charge on any atom is -0.497 e. The van der Waals surface area contributed by atoms with E-state index < -0.39 is 0 Å². The molecule has 0 aliphatic heterocycles. The van der Waals surface area contributed by atoms with Crippen molar-refractivity contribution in [3.05, 3.63) is 105 Å². The van der Waals surface area contributed by atoms with Crippen LogP contribution in [0.25, 0.3) is 0 Å². The zero-order valence-corrected chi connectivity index (χ0v) is 35.3. The van der Waals surface area contributed by atoms with Crippen LogP contribution < -0.4 is 46.1 Å². The van der Waals surface area contributed by atoms with Gasteiger partial charge in [-0.1, -0.05) is 34.8 Å². The van der Waals surface area contributed by atoms with E-state index in [9.17, 15) is 0 Å². The van der Waals surface area contributed by atoms with Crippen LogP contribution in [0.5, 0.6) is 17.2 Å². The zero-order valence-electron chi connectivity index (χ0n) is 33.0. The highest BCUT2D eigenvalue weighted by Crippen LogP contribution is 2.35. The molecule has 0 spiro atoms. The number of hydrogen-bond donors (Lipinski definition) is 3. The first-order chi connectivity index (χ1) is 27.1. The van der Waals surface area contributed by atoms with Gasteiger partial charge in [0.25, 0.3) is 0 Å². The maximum absolute atomic E-state index is 6.15. The molecular weight excluding hydrogens is 791 g/mol. The number of aromatic nitrogens is 6. The third-order valence-corrected chi connectivity index (χ3v) is 9.26. The van der Waals surface area contributed by atoms with Gasteiger partial charge in [0.05, 0.1) is 21.3 Å². The highest BCUT2D eigenvalue weighted by atomic mass is 35.5. The normalized spacial score (nSPS) is 10.3.